The molecule has 0 spiro atoms. The van der Waals surface area contributed by atoms with Gasteiger partial charge in [-0.2, -0.15) is 5.10 Å². The third-order valence-corrected chi connectivity index (χ3v) is 2.47. The number of nitrogens with zero attached hydrogens (tertiary/aromatic N) is 2. The van der Waals surface area contributed by atoms with Crippen molar-refractivity contribution in [3.05, 3.63) is 12.7 Å². The van der Waals surface area contributed by atoms with Gasteiger partial charge >= 0.3 is 0 Å². The molecular weight excluding hydrogens is 264 g/mol. The summed E-state index contributed by atoms with van der Waals surface area (Å²) in [5.41, 5.74) is 0. The van der Waals surface area contributed by atoms with E-state index in [0.717, 1.165) is 5.01 Å². The zero-order valence-electron chi connectivity index (χ0n) is 12.4. The van der Waals surface area contributed by atoms with Crippen LogP contribution in [0.4, 0.5) is 0 Å². The van der Waals surface area contributed by atoms with Crippen LogP contribution in [-0.4, -0.2) is 65.6 Å². The Balaban J connectivity index is 0.00000110. The van der Waals surface area contributed by atoms with E-state index >= 15 is 0 Å². The number of allylic oxidation sites excluding steroid dienone is 1. The minimum atomic E-state index is -1.21. The largest absolute Gasteiger partial charge is 0.387 e. The normalized spacial score (nSPS) is 28.9. The number of hydrogen-bond acceptors (Lipinski definition) is 6. The monoisotopic (exact) mass is 288 g/mol. The Morgan fingerprint density at radius 1 is 1.45 bits per heavy atom. The highest BCUT2D eigenvalue weighted by Crippen LogP contribution is 2.24. The predicted molar refractivity (Wildman–Crippen MR) is 75.1 cm³/mol. The lowest BCUT2D eigenvalue weighted by Gasteiger charge is -2.24. The number of aliphatic hydroxyl groups is 2. The third-order valence-electron chi connectivity index (χ3n) is 2.47. The molecule has 4 atom stereocenters. The van der Waals surface area contributed by atoms with Crippen LogP contribution in [-0.2, 0) is 14.3 Å². The van der Waals surface area contributed by atoms with Gasteiger partial charge in [0.25, 0.3) is 0 Å². The van der Waals surface area contributed by atoms with E-state index in [2.05, 4.69) is 11.7 Å². The van der Waals surface area contributed by atoms with Crippen molar-refractivity contribution in [2.75, 3.05) is 13.7 Å². The summed E-state index contributed by atoms with van der Waals surface area (Å²) in [4.78, 5) is 11.3. The molecule has 1 rings (SSSR count). The molecule has 1 amide bonds. The second kappa shape index (κ2) is 9.60. The summed E-state index contributed by atoms with van der Waals surface area (Å²) in [6, 6.07) is 0. The van der Waals surface area contributed by atoms with Gasteiger partial charge in [0.2, 0.25) is 5.91 Å². The van der Waals surface area contributed by atoms with Crippen LogP contribution < -0.4 is 0 Å². The number of hydrogen-bond donors (Lipinski definition) is 2. The van der Waals surface area contributed by atoms with Crippen molar-refractivity contribution < 1.29 is 24.5 Å². The summed E-state index contributed by atoms with van der Waals surface area (Å²) in [7, 11) is 1.46. The van der Waals surface area contributed by atoms with E-state index in [0.29, 0.717) is 0 Å². The predicted octanol–water partition coefficient (Wildman–Crippen LogP) is 0.126. The molecule has 0 bridgehead atoms. The quantitative estimate of drug-likeness (QED) is 0.436. The first-order valence-corrected chi connectivity index (χ1v) is 6.30. The van der Waals surface area contributed by atoms with Crippen molar-refractivity contribution in [1.29, 1.82) is 0 Å². The average molecular weight is 288 g/mol. The van der Waals surface area contributed by atoms with Crippen LogP contribution in [0.1, 0.15) is 20.8 Å². The third kappa shape index (κ3) is 5.01. The number of amides is 1. The molecular formula is C13H24N2O5. The van der Waals surface area contributed by atoms with Crippen LogP contribution in [0.25, 0.3) is 0 Å². The fraction of sp³-hybridized carbons (Fsp3) is 0.692. The molecule has 1 aliphatic rings. The Kier molecular flexibility index (Phi) is 8.98. The standard InChI is InChI=1S/C10H18N2O5.C3H6/c1-4-11-12(6(2)13)10-9(15)8(14)7(17-10)5-16-3;1-3-2/h4,7-10,14-15H,5H2,1-3H3;3H,1H2,2H3/b11-4-;/t7?,8-,9-,10?;/m1./s1. The van der Waals surface area contributed by atoms with E-state index in [1.54, 1.807) is 13.0 Å². The first kappa shape index (κ1) is 18.7. The Morgan fingerprint density at radius 3 is 2.40 bits per heavy atom. The summed E-state index contributed by atoms with van der Waals surface area (Å²) in [6.07, 6.45) is -0.808. The van der Waals surface area contributed by atoms with Gasteiger partial charge in [0, 0.05) is 20.2 Å². The van der Waals surface area contributed by atoms with E-state index in [9.17, 15) is 15.0 Å². The molecule has 20 heavy (non-hydrogen) atoms. The maximum Gasteiger partial charge on any atom is 0.242 e. The number of aliphatic hydroxyl groups excluding tert-OH is 2. The van der Waals surface area contributed by atoms with E-state index in [1.165, 1.54) is 20.2 Å². The second-order valence-corrected chi connectivity index (χ2v) is 4.15. The van der Waals surface area contributed by atoms with Crippen LogP contribution in [0.3, 0.4) is 0 Å². The van der Waals surface area contributed by atoms with Crippen LogP contribution >= 0.6 is 0 Å². The van der Waals surface area contributed by atoms with Crippen molar-refractivity contribution in [1.82, 2.24) is 5.01 Å². The molecule has 0 radical (unpaired) electrons. The fourth-order valence-electron chi connectivity index (χ4n) is 1.68. The molecule has 0 aromatic carbocycles. The lowest BCUT2D eigenvalue weighted by molar-refractivity contribution is -0.151. The van der Waals surface area contributed by atoms with Crippen LogP contribution in [0.5, 0.6) is 0 Å². The highest BCUT2D eigenvalue weighted by Gasteiger charge is 2.46. The number of methoxy groups -OCH3 is 1. The molecule has 7 nitrogen and oxygen atoms in total. The van der Waals surface area contributed by atoms with E-state index in [1.807, 2.05) is 6.92 Å². The molecule has 1 heterocycles. The number of carbonyl (C=O) groups excluding carboxylic acids is 1. The fourth-order valence-corrected chi connectivity index (χ4v) is 1.68. The second-order valence-electron chi connectivity index (χ2n) is 4.15. The molecule has 0 aromatic heterocycles. The SMILES string of the molecule is C/C=N\N(C(C)=O)C1OC(COC)[C@@H](O)[C@H]1O.C=CC. The number of hydrazone groups is 1. The smallest absolute Gasteiger partial charge is 0.242 e. The zero-order chi connectivity index (χ0) is 15.7. The molecule has 0 aromatic rings. The summed E-state index contributed by atoms with van der Waals surface area (Å²) in [5.74, 6) is -0.377. The van der Waals surface area contributed by atoms with Crippen LogP contribution in [0.2, 0.25) is 0 Å². The number of rotatable bonds is 4. The van der Waals surface area contributed by atoms with Gasteiger partial charge < -0.3 is 19.7 Å². The van der Waals surface area contributed by atoms with Gasteiger partial charge in [-0.1, -0.05) is 6.08 Å². The maximum atomic E-state index is 11.3. The molecule has 2 unspecified atom stereocenters. The Hall–Kier alpha value is -1.28. The summed E-state index contributed by atoms with van der Waals surface area (Å²) < 4.78 is 10.2. The Morgan fingerprint density at radius 2 is 2.00 bits per heavy atom. The van der Waals surface area contributed by atoms with Crippen molar-refractivity contribution >= 4 is 12.1 Å². The molecule has 1 saturated heterocycles. The molecule has 2 N–H and O–H groups in total. The number of carbonyl (C=O) groups is 1. The first-order chi connectivity index (χ1) is 9.44. The zero-order valence-corrected chi connectivity index (χ0v) is 12.4. The van der Waals surface area contributed by atoms with Crippen molar-refractivity contribution in [3.63, 3.8) is 0 Å². The molecule has 7 heteroatoms. The van der Waals surface area contributed by atoms with Crippen LogP contribution in [0.15, 0.2) is 17.8 Å². The van der Waals surface area contributed by atoms with Crippen LogP contribution in [0, 0.1) is 0 Å². The van der Waals surface area contributed by atoms with E-state index in [-0.39, 0.29) is 12.5 Å². The molecule has 1 fully saturated rings. The van der Waals surface area contributed by atoms with Crippen molar-refractivity contribution in [2.45, 2.75) is 45.3 Å². The molecule has 0 saturated carbocycles. The Bertz CT molecular complexity index is 335. The van der Waals surface area contributed by atoms with Gasteiger partial charge in [-0.15, -0.1) is 6.58 Å². The van der Waals surface area contributed by atoms with Gasteiger partial charge in [0.15, 0.2) is 6.23 Å². The van der Waals surface area contributed by atoms with Gasteiger partial charge in [0.1, 0.15) is 18.3 Å². The van der Waals surface area contributed by atoms with E-state index < -0.39 is 24.5 Å². The van der Waals surface area contributed by atoms with Crippen molar-refractivity contribution in [3.8, 4) is 0 Å². The lowest BCUT2D eigenvalue weighted by atomic mass is 10.1. The summed E-state index contributed by atoms with van der Waals surface area (Å²) >= 11 is 0. The topological polar surface area (TPSA) is 91.6 Å². The highest BCUT2D eigenvalue weighted by atomic mass is 16.6. The van der Waals surface area contributed by atoms with Gasteiger partial charge in [-0.3, -0.25) is 4.79 Å². The minimum Gasteiger partial charge on any atom is -0.387 e. The van der Waals surface area contributed by atoms with Gasteiger partial charge in [-0.05, 0) is 13.8 Å². The van der Waals surface area contributed by atoms with Gasteiger partial charge in [-0.25, -0.2) is 5.01 Å². The minimum absolute atomic E-state index is 0.135. The molecule has 1 aliphatic heterocycles. The van der Waals surface area contributed by atoms with Gasteiger partial charge in [0.05, 0.1) is 6.61 Å². The lowest BCUT2D eigenvalue weighted by Crippen LogP contribution is -2.43. The average Bonchev–Trinajstić information content (AvgIpc) is 2.65. The summed E-state index contributed by atoms with van der Waals surface area (Å²) in [5, 5.41) is 24.3. The molecule has 0 aliphatic carbocycles. The van der Waals surface area contributed by atoms with E-state index in [4.69, 9.17) is 9.47 Å². The Labute approximate surface area is 119 Å². The number of ether oxygens (including phenoxy) is 2. The summed E-state index contributed by atoms with van der Waals surface area (Å²) in [6.45, 7) is 8.33. The van der Waals surface area contributed by atoms with Crippen molar-refractivity contribution in [2.24, 2.45) is 5.10 Å². The highest BCUT2D eigenvalue weighted by molar-refractivity contribution is 5.74. The first-order valence-electron chi connectivity index (χ1n) is 6.30. The molecule has 116 valence electrons. The maximum absolute atomic E-state index is 11.3.